The van der Waals surface area contributed by atoms with Crippen molar-refractivity contribution < 1.29 is 25.9 Å². The lowest BCUT2D eigenvalue weighted by atomic mass is 10.0. The van der Waals surface area contributed by atoms with Gasteiger partial charge in [-0.15, -0.1) is 0 Å². The van der Waals surface area contributed by atoms with E-state index in [1.807, 2.05) is 24.0 Å². The monoisotopic (exact) mass is 459 g/mol. The van der Waals surface area contributed by atoms with Gasteiger partial charge in [0.15, 0.2) is 0 Å². The van der Waals surface area contributed by atoms with Crippen molar-refractivity contribution in [1.29, 1.82) is 0 Å². The smallest absolute Gasteiger partial charge is 0.294 e. The van der Waals surface area contributed by atoms with Gasteiger partial charge in [-0.3, -0.25) is 9.11 Å². The molecule has 0 aliphatic carbocycles. The molecule has 3 aromatic carbocycles. The number of hydrogen-bond donors (Lipinski definition) is 2. The average molecular weight is 460 g/mol. The molecule has 0 amide bonds. The summed E-state index contributed by atoms with van der Waals surface area (Å²) >= 11 is 0. The molecule has 3 aromatic rings. The van der Waals surface area contributed by atoms with E-state index in [0.717, 1.165) is 11.3 Å². The van der Waals surface area contributed by atoms with Crippen molar-refractivity contribution in [1.82, 2.24) is 0 Å². The zero-order valence-electron chi connectivity index (χ0n) is 16.6. The lowest BCUT2D eigenvalue weighted by Crippen LogP contribution is -2.23. The van der Waals surface area contributed by atoms with Crippen molar-refractivity contribution >= 4 is 25.9 Å². The maximum atomic E-state index is 11.7. The molecular formula is C22H21NO6S2. The number of rotatable bonds is 8. The van der Waals surface area contributed by atoms with Crippen molar-refractivity contribution in [2.24, 2.45) is 0 Å². The second kappa shape index (κ2) is 9.19. The van der Waals surface area contributed by atoms with Crippen molar-refractivity contribution in [3.63, 3.8) is 0 Å². The molecule has 0 aliphatic rings. The predicted octanol–water partition coefficient (Wildman–Crippen LogP) is 3.68. The maximum Gasteiger partial charge on any atom is 0.294 e. The largest absolute Gasteiger partial charge is 0.367 e. The van der Waals surface area contributed by atoms with Gasteiger partial charge in [-0.1, -0.05) is 48.5 Å². The van der Waals surface area contributed by atoms with Crippen LogP contribution in [0.15, 0.2) is 82.6 Å². The first-order chi connectivity index (χ1) is 14.6. The predicted molar refractivity (Wildman–Crippen MR) is 117 cm³/mol. The number of nitrogens with zero attached hydrogens (tertiary/aromatic N) is 1. The van der Waals surface area contributed by atoms with E-state index in [1.165, 1.54) is 24.3 Å². The second-order valence-electron chi connectivity index (χ2n) is 6.75. The zero-order chi connectivity index (χ0) is 22.6. The molecule has 0 saturated carbocycles. The van der Waals surface area contributed by atoms with E-state index in [4.69, 9.17) is 4.55 Å². The average Bonchev–Trinajstić information content (AvgIpc) is 2.72. The third-order valence-corrected chi connectivity index (χ3v) is 6.44. The molecule has 162 valence electrons. The molecule has 31 heavy (non-hydrogen) atoms. The highest BCUT2D eigenvalue weighted by Crippen LogP contribution is 2.28. The zero-order valence-corrected chi connectivity index (χ0v) is 18.3. The third kappa shape index (κ3) is 5.71. The Balaban J connectivity index is 1.92. The highest BCUT2D eigenvalue weighted by Gasteiger charge is 2.18. The van der Waals surface area contributed by atoms with Gasteiger partial charge >= 0.3 is 0 Å². The van der Waals surface area contributed by atoms with Gasteiger partial charge in [0.05, 0.1) is 16.2 Å². The highest BCUT2D eigenvalue weighted by molar-refractivity contribution is 7.86. The summed E-state index contributed by atoms with van der Waals surface area (Å²) in [6.07, 6.45) is 3.08. The van der Waals surface area contributed by atoms with Gasteiger partial charge in [-0.2, -0.15) is 16.8 Å². The van der Waals surface area contributed by atoms with Crippen LogP contribution in [0.4, 0.5) is 5.69 Å². The molecule has 0 atom stereocenters. The Kier molecular flexibility index (Phi) is 6.80. The van der Waals surface area contributed by atoms with Crippen LogP contribution in [-0.2, 0) is 26.8 Å². The normalized spacial score (nSPS) is 12.0. The van der Waals surface area contributed by atoms with Crippen LogP contribution in [0, 0.1) is 6.42 Å². The molecule has 0 spiro atoms. The number of benzene rings is 3. The quantitative estimate of drug-likeness (QED) is 0.494. The van der Waals surface area contributed by atoms with Gasteiger partial charge < -0.3 is 4.90 Å². The molecule has 0 aromatic heterocycles. The van der Waals surface area contributed by atoms with Crippen LogP contribution in [0.25, 0.3) is 0 Å². The van der Waals surface area contributed by atoms with Gasteiger partial charge in [0.25, 0.3) is 20.2 Å². The summed E-state index contributed by atoms with van der Waals surface area (Å²) in [4.78, 5) is 1.61. The molecule has 3 rings (SSSR count). The fraction of sp³-hybridized carbons (Fsp3) is 0.136. The lowest BCUT2D eigenvalue weighted by molar-refractivity contribution is 0.480. The van der Waals surface area contributed by atoms with Crippen molar-refractivity contribution in [3.05, 3.63) is 95.9 Å². The SMILES string of the molecule is CCN(Cc1ccc(S(=O)(=O)O)cc1)c1ccccc1[C]c1ccccc1S(=O)(=O)O. The van der Waals surface area contributed by atoms with E-state index < -0.39 is 20.2 Å². The van der Waals surface area contributed by atoms with Crippen LogP contribution < -0.4 is 4.90 Å². The summed E-state index contributed by atoms with van der Waals surface area (Å²) in [6, 6.07) is 19.3. The Morgan fingerprint density at radius 2 is 1.35 bits per heavy atom. The summed E-state index contributed by atoms with van der Waals surface area (Å²) in [5.41, 5.74) is 2.48. The standard InChI is InChI=1S/C22H21NO6S2/c1-2-23(16-17-11-13-20(14-12-17)30(24,25)26)21-9-5-3-7-18(21)15-19-8-4-6-10-22(19)31(27,28)29/h3-14H,2,16H2,1H3,(H,24,25,26)(H,27,28,29). The van der Waals surface area contributed by atoms with Crippen molar-refractivity contribution in [2.45, 2.75) is 23.3 Å². The van der Waals surface area contributed by atoms with E-state index >= 15 is 0 Å². The van der Waals surface area contributed by atoms with E-state index in [2.05, 4.69) is 6.42 Å². The van der Waals surface area contributed by atoms with E-state index in [-0.39, 0.29) is 15.4 Å². The molecule has 9 heteroatoms. The summed E-state index contributed by atoms with van der Waals surface area (Å²) in [7, 11) is -8.66. The Labute approximate surface area is 182 Å². The molecule has 2 radical (unpaired) electrons. The number of hydrogen-bond acceptors (Lipinski definition) is 5. The topological polar surface area (TPSA) is 112 Å². The maximum absolute atomic E-state index is 11.7. The first kappa shape index (κ1) is 23.0. The third-order valence-electron chi connectivity index (χ3n) is 4.66. The molecule has 2 N–H and O–H groups in total. The lowest BCUT2D eigenvalue weighted by Gasteiger charge is -2.26. The molecule has 0 unspecified atom stereocenters. The van der Waals surface area contributed by atoms with Crippen molar-refractivity contribution in [2.75, 3.05) is 11.4 Å². The summed E-state index contributed by atoms with van der Waals surface area (Å²) in [5.74, 6) is 0. The van der Waals surface area contributed by atoms with Gasteiger partial charge in [0, 0.05) is 18.8 Å². The molecular weight excluding hydrogens is 438 g/mol. The van der Waals surface area contributed by atoms with E-state index in [9.17, 15) is 21.4 Å². The van der Waals surface area contributed by atoms with E-state index in [1.54, 1.807) is 36.4 Å². The minimum atomic E-state index is -4.40. The molecule has 0 aliphatic heterocycles. The summed E-state index contributed by atoms with van der Waals surface area (Å²) in [6.45, 7) is 3.01. The fourth-order valence-electron chi connectivity index (χ4n) is 3.15. The van der Waals surface area contributed by atoms with Crippen LogP contribution >= 0.6 is 0 Å². The molecule has 7 nitrogen and oxygen atoms in total. The van der Waals surface area contributed by atoms with Gasteiger partial charge in [0.2, 0.25) is 0 Å². The number of para-hydroxylation sites is 1. The van der Waals surface area contributed by atoms with Gasteiger partial charge in [-0.05, 0) is 47.9 Å². The summed E-state index contributed by atoms with van der Waals surface area (Å²) < 4.78 is 64.5. The van der Waals surface area contributed by atoms with Crippen LogP contribution in [0.5, 0.6) is 0 Å². The first-order valence-corrected chi connectivity index (χ1v) is 12.2. The van der Waals surface area contributed by atoms with Gasteiger partial charge in [-0.25, -0.2) is 0 Å². The summed E-state index contributed by atoms with van der Waals surface area (Å²) in [5, 5.41) is 0. The highest BCUT2D eigenvalue weighted by atomic mass is 32.2. The van der Waals surface area contributed by atoms with Crippen LogP contribution in [-0.4, -0.2) is 32.5 Å². The van der Waals surface area contributed by atoms with E-state index in [0.29, 0.717) is 18.7 Å². The first-order valence-electron chi connectivity index (χ1n) is 9.33. The molecule has 0 bridgehead atoms. The second-order valence-corrected chi connectivity index (χ2v) is 9.56. The Bertz CT molecular complexity index is 1270. The van der Waals surface area contributed by atoms with Crippen LogP contribution in [0.2, 0.25) is 0 Å². The van der Waals surface area contributed by atoms with Crippen molar-refractivity contribution in [3.8, 4) is 0 Å². The molecule has 0 heterocycles. The Hall–Kier alpha value is -2.72. The fourth-order valence-corrected chi connectivity index (χ4v) is 4.28. The molecule has 0 fully saturated rings. The Morgan fingerprint density at radius 1 is 0.774 bits per heavy atom. The van der Waals surface area contributed by atoms with Gasteiger partial charge in [0.1, 0.15) is 0 Å². The number of anilines is 1. The van der Waals surface area contributed by atoms with Crippen LogP contribution in [0.3, 0.4) is 0 Å². The minimum Gasteiger partial charge on any atom is -0.367 e. The van der Waals surface area contributed by atoms with Crippen LogP contribution in [0.1, 0.15) is 23.6 Å². The minimum absolute atomic E-state index is 0.178. The molecule has 0 saturated heterocycles. The Morgan fingerprint density at radius 3 is 1.94 bits per heavy atom.